The van der Waals surface area contributed by atoms with Crippen LogP contribution in [0.3, 0.4) is 0 Å². The van der Waals surface area contributed by atoms with E-state index >= 15 is 0 Å². The van der Waals surface area contributed by atoms with Gasteiger partial charge in [0.25, 0.3) is 0 Å². The van der Waals surface area contributed by atoms with Crippen LogP contribution in [-0.2, 0) is 0 Å². The molecule has 0 spiro atoms. The number of aromatic nitrogens is 3. The number of fused-ring (bicyclic) bond motifs is 1. The minimum absolute atomic E-state index is 0.488. The molecule has 5 rings (SSSR count). The van der Waals surface area contributed by atoms with E-state index in [-0.39, 0.29) is 0 Å². The van der Waals surface area contributed by atoms with Gasteiger partial charge < -0.3 is 20.1 Å². The first-order valence-electron chi connectivity index (χ1n) is 10.9. The van der Waals surface area contributed by atoms with Crippen LogP contribution in [0.4, 0.5) is 11.6 Å². The van der Waals surface area contributed by atoms with Gasteiger partial charge in [-0.25, -0.2) is 4.98 Å². The van der Waals surface area contributed by atoms with Crippen LogP contribution >= 0.6 is 0 Å². The molecular weight excluding hydrogens is 360 g/mol. The summed E-state index contributed by atoms with van der Waals surface area (Å²) in [6.07, 6.45) is 8.97. The Labute approximate surface area is 172 Å². The quantitative estimate of drug-likeness (QED) is 0.709. The summed E-state index contributed by atoms with van der Waals surface area (Å²) in [6.45, 7) is 6.52. The van der Waals surface area contributed by atoms with E-state index in [4.69, 9.17) is 4.98 Å². The van der Waals surface area contributed by atoms with Gasteiger partial charge in [0.05, 0.1) is 5.52 Å². The highest BCUT2D eigenvalue weighted by atomic mass is 15.2. The summed E-state index contributed by atoms with van der Waals surface area (Å²) < 4.78 is 2.18. The molecule has 1 aliphatic carbocycles. The summed E-state index contributed by atoms with van der Waals surface area (Å²) in [6, 6.07) is 11.3. The molecule has 2 aliphatic rings. The second-order valence-corrected chi connectivity index (χ2v) is 8.47. The predicted molar refractivity (Wildman–Crippen MR) is 119 cm³/mol. The standard InChI is InChI=1S/C23H30N6/c1-17-5-7-18(8-6-17)26-23-25-11-9-22(27-23)29-14-10-19-20(3-2-4-21(19)29)28-15-12-24-13-16-28/h2-4,9-11,14,17-18,24H,5-8,12-13,15-16H2,1H3,(H,25,26,27). The third-order valence-corrected chi connectivity index (χ3v) is 6.40. The van der Waals surface area contributed by atoms with Crippen LogP contribution in [0.1, 0.15) is 32.6 Å². The number of anilines is 2. The minimum Gasteiger partial charge on any atom is -0.368 e. The van der Waals surface area contributed by atoms with Crippen molar-refractivity contribution in [1.82, 2.24) is 19.9 Å². The average Bonchev–Trinajstić information content (AvgIpc) is 3.21. The van der Waals surface area contributed by atoms with Crippen molar-refractivity contribution in [3.05, 3.63) is 42.7 Å². The van der Waals surface area contributed by atoms with E-state index in [1.165, 1.54) is 42.3 Å². The zero-order chi connectivity index (χ0) is 19.6. The molecule has 0 radical (unpaired) electrons. The summed E-state index contributed by atoms with van der Waals surface area (Å²) in [4.78, 5) is 11.8. The molecule has 0 amide bonds. The van der Waals surface area contributed by atoms with Gasteiger partial charge in [-0.05, 0) is 55.9 Å². The van der Waals surface area contributed by atoms with Gasteiger partial charge >= 0.3 is 0 Å². The van der Waals surface area contributed by atoms with Gasteiger partial charge in [0, 0.05) is 55.7 Å². The SMILES string of the molecule is CC1CCC(Nc2nccc(-n3ccc4c(N5CCNCC5)cccc43)n2)CC1. The molecular formula is C23H30N6. The molecule has 2 aromatic heterocycles. The first kappa shape index (κ1) is 18.4. The van der Waals surface area contributed by atoms with Crippen LogP contribution in [-0.4, -0.2) is 46.8 Å². The van der Waals surface area contributed by atoms with E-state index < -0.39 is 0 Å². The van der Waals surface area contributed by atoms with Crippen molar-refractivity contribution in [3.63, 3.8) is 0 Å². The van der Waals surface area contributed by atoms with Gasteiger partial charge in [-0.2, -0.15) is 4.98 Å². The van der Waals surface area contributed by atoms with Gasteiger partial charge in [-0.3, -0.25) is 0 Å². The van der Waals surface area contributed by atoms with Crippen molar-refractivity contribution in [2.75, 3.05) is 36.4 Å². The Bertz CT molecular complexity index is 966. The molecule has 1 aromatic carbocycles. The fraction of sp³-hybridized carbons (Fsp3) is 0.478. The second kappa shape index (κ2) is 8.03. The van der Waals surface area contributed by atoms with E-state index in [9.17, 15) is 0 Å². The lowest BCUT2D eigenvalue weighted by Crippen LogP contribution is -2.43. The van der Waals surface area contributed by atoms with Crippen molar-refractivity contribution in [3.8, 4) is 5.82 Å². The Morgan fingerprint density at radius 1 is 1.03 bits per heavy atom. The summed E-state index contributed by atoms with van der Waals surface area (Å²) >= 11 is 0. The zero-order valence-corrected chi connectivity index (χ0v) is 17.1. The lowest BCUT2D eigenvalue weighted by Gasteiger charge is -2.30. The Balaban J connectivity index is 1.42. The molecule has 2 fully saturated rings. The molecule has 2 N–H and O–H groups in total. The third kappa shape index (κ3) is 3.81. The molecule has 3 aromatic rings. The van der Waals surface area contributed by atoms with Gasteiger partial charge in [-0.1, -0.05) is 13.0 Å². The minimum atomic E-state index is 0.488. The van der Waals surface area contributed by atoms with Crippen molar-refractivity contribution in [2.45, 2.75) is 38.6 Å². The second-order valence-electron chi connectivity index (χ2n) is 8.47. The van der Waals surface area contributed by atoms with Crippen LogP contribution in [0.2, 0.25) is 0 Å². The Morgan fingerprint density at radius 2 is 1.86 bits per heavy atom. The molecule has 29 heavy (non-hydrogen) atoms. The normalized spacial score (nSPS) is 22.7. The topological polar surface area (TPSA) is 58.0 Å². The maximum Gasteiger partial charge on any atom is 0.224 e. The van der Waals surface area contributed by atoms with E-state index in [2.05, 4.69) is 62.5 Å². The molecule has 3 heterocycles. The molecule has 152 valence electrons. The van der Waals surface area contributed by atoms with Crippen molar-refractivity contribution in [2.24, 2.45) is 5.92 Å². The number of benzene rings is 1. The fourth-order valence-corrected chi connectivity index (χ4v) is 4.67. The number of hydrogen-bond acceptors (Lipinski definition) is 5. The molecule has 0 unspecified atom stereocenters. The number of piperazine rings is 1. The van der Waals surface area contributed by atoms with E-state index in [0.29, 0.717) is 6.04 Å². The summed E-state index contributed by atoms with van der Waals surface area (Å²) in [7, 11) is 0. The summed E-state index contributed by atoms with van der Waals surface area (Å²) in [5, 5.41) is 8.28. The highest BCUT2D eigenvalue weighted by Crippen LogP contribution is 2.30. The van der Waals surface area contributed by atoms with Crippen LogP contribution < -0.4 is 15.5 Å². The highest BCUT2D eigenvalue weighted by molar-refractivity contribution is 5.94. The van der Waals surface area contributed by atoms with Crippen LogP contribution in [0.15, 0.2) is 42.7 Å². The smallest absolute Gasteiger partial charge is 0.224 e. The molecule has 6 nitrogen and oxygen atoms in total. The van der Waals surface area contributed by atoms with Crippen LogP contribution in [0, 0.1) is 5.92 Å². The molecule has 6 heteroatoms. The van der Waals surface area contributed by atoms with Crippen LogP contribution in [0.25, 0.3) is 16.7 Å². The Morgan fingerprint density at radius 3 is 2.69 bits per heavy atom. The fourth-order valence-electron chi connectivity index (χ4n) is 4.67. The van der Waals surface area contributed by atoms with Crippen molar-refractivity contribution >= 4 is 22.5 Å². The Hall–Kier alpha value is -2.60. The van der Waals surface area contributed by atoms with E-state index in [1.807, 2.05) is 12.3 Å². The number of rotatable bonds is 4. The van der Waals surface area contributed by atoms with Gasteiger partial charge in [0.2, 0.25) is 5.95 Å². The average molecular weight is 391 g/mol. The third-order valence-electron chi connectivity index (χ3n) is 6.40. The van der Waals surface area contributed by atoms with Gasteiger partial charge in [0.15, 0.2) is 0 Å². The lowest BCUT2D eigenvalue weighted by molar-refractivity contribution is 0.360. The molecule has 0 atom stereocenters. The summed E-state index contributed by atoms with van der Waals surface area (Å²) in [5.41, 5.74) is 2.50. The molecule has 1 saturated carbocycles. The van der Waals surface area contributed by atoms with Gasteiger partial charge in [0.1, 0.15) is 5.82 Å². The highest BCUT2D eigenvalue weighted by Gasteiger charge is 2.19. The van der Waals surface area contributed by atoms with E-state index in [0.717, 1.165) is 43.9 Å². The number of nitrogens with zero attached hydrogens (tertiary/aromatic N) is 4. The Kier molecular flexibility index (Phi) is 5.10. The lowest BCUT2D eigenvalue weighted by atomic mass is 9.87. The molecule has 0 bridgehead atoms. The van der Waals surface area contributed by atoms with Gasteiger partial charge in [-0.15, -0.1) is 0 Å². The number of hydrogen-bond donors (Lipinski definition) is 2. The van der Waals surface area contributed by atoms with Crippen LogP contribution in [0.5, 0.6) is 0 Å². The van der Waals surface area contributed by atoms with Crippen molar-refractivity contribution < 1.29 is 0 Å². The first-order chi connectivity index (χ1) is 14.3. The molecule has 1 aliphatic heterocycles. The first-order valence-corrected chi connectivity index (χ1v) is 10.9. The van der Waals surface area contributed by atoms with E-state index in [1.54, 1.807) is 0 Å². The largest absolute Gasteiger partial charge is 0.368 e. The molecule has 1 saturated heterocycles. The van der Waals surface area contributed by atoms with Crippen molar-refractivity contribution in [1.29, 1.82) is 0 Å². The summed E-state index contributed by atoms with van der Waals surface area (Å²) in [5.74, 6) is 2.50. The predicted octanol–water partition coefficient (Wildman–Crippen LogP) is 3.82. The zero-order valence-electron chi connectivity index (χ0n) is 17.1. The number of nitrogens with one attached hydrogen (secondary N) is 2. The maximum absolute atomic E-state index is 4.84. The monoisotopic (exact) mass is 390 g/mol. The maximum atomic E-state index is 4.84.